The number of ether oxygens (including phenoxy) is 1. The summed E-state index contributed by atoms with van der Waals surface area (Å²) in [6.45, 7) is 4.20. The fraction of sp³-hybridized carbons (Fsp3) is 0.400. The monoisotopic (exact) mass is 329 g/mol. The highest BCUT2D eigenvalue weighted by molar-refractivity contribution is 5.36. The standard InChI is InChI=1S/C20H27NO3/c1-16-14-18(24-2)8-9-19(16)20(23)10-11-21(12-13-22)15-17-6-4-3-5-7-17/h3-9,14,20,22-23H,10-13,15H2,1-2H3. The summed E-state index contributed by atoms with van der Waals surface area (Å²) < 4.78 is 5.21. The summed E-state index contributed by atoms with van der Waals surface area (Å²) in [5.41, 5.74) is 3.17. The third kappa shape index (κ3) is 5.34. The van der Waals surface area contributed by atoms with Gasteiger partial charge in [0.25, 0.3) is 0 Å². The molecule has 1 unspecified atom stereocenters. The molecule has 0 radical (unpaired) electrons. The predicted molar refractivity (Wildman–Crippen MR) is 96.1 cm³/mol. The Morgan fingerprint density at radius 3 is 2.46 bits per heavy atom. The van der Waals surface area contributed by atoms with Gasteiger partial charge in [0.1, 0.15) is 5.75 Å². The van der Waals surface area contributed by atoms with Gasteiger partial charge in [-0.05, 0) is 42.2 Å². The molecule has 0 aromatic heterocycles. The van der Waals surface area contributed by atoms with Gasteiger partial charge in [-0.1, -0.05) is 36.4 Å². The van der Waals surface area contributed by atoms with Crippen molar-refractivity contribution in [2.75, 3.05) is 26.8 Å². The van der Waals surface area contributed by atoms with Crippen LogP contribution >= 0.6 is 0 Å². The number of hydrogen-bond donors (Lipinski definition) is 2. The van der Waals surface area contributed by atoms with Crippen LogP contribution in [0.4, 0.5) is 0 Å². The Kier molecular flexibility index (Phi) is 7.25. The van der Waals surface area contributed by atoms with Crippen LogP contribution < -0.4 is 4.74 Å². The Labute approximate surface area is 144 Å². The third-order valence-electron chi connectivity index (χ3n) is 4.22. The minimum absolute atomic E-state index is 0.116. The average Bonchev–Trinajstić information content (AvgIpc) is 2.60. The highest BCUT2D eigenvalue weighted by Crippen LogP contribution is 2.25. The second kappa shape index (κ2) is 9.42. The first-order chi connectivity index (χ1) is 11.6. The lowest BCUT2D eigenvalue weighted by Crippen LogP contribution is -2.28. The Hall–Kier alpha value is -1.88. The zero-order valence-electron chi connectivity index (χ0n) is 14.5. The number of methoxy groups -OCH3 is 1. The molecule has 0 spiro atoms. The van der Waals surface area contributed by atoms with E-state index in [0.29, 0.717) is 13.0 Å². The maximum atomic E-state index is 10.5. The van der Waals surface area contributed by atoms with E-state index in [1.807, 2.05) is 43.3 Å². The Morgan fingerprint density at radius 1 is 1.08 bits per heavy atom. The molecule has 0 amide bonds. The van der Waals surface area contributed by atoms with Crippen molar-refractivity contribution >= 4 is 0 Å². The van der Waals surface area contributed by atoms with Gasteiger partial charge in [0.15, 0.2) is 0 Å². The van der Waals surface area contributed by atoms with Crippen molar-refractivity contribution in [3.05, 3.63) is 65.2 Å². The largest absolute Gasteiger partial charge is 0.497 e. The van der Waals surface area contributed by atoms with Crippen molar-refractivity contribution in [1.82, 2.24) is 4.90 Å². The number of aryl methyl sites for hydroxylation is 1. The lowest BCUT2D eigenvalue weighted by atomic mass is 10.0. The molecule has 0 saturated carbocycles. The van der Waals surface area contributed by atoms with Crippen molar-refractivity contribution in [1.29, 1.82) is 0 Å². The van der Waals surface area contributed by atoms with Gasteiger partial charge in [-0.2, -0.15) is 0 Å². The van der Waals surface area contributed by atoms with E-state index in [9.17, 15) is 10.2 Å². The summed E-state index contributed by atoms with van der Waals surface area (Å²) in [7, 11) is 1.64. The number of aliphatic hydroxyl groups is 2. The fourth-order valence-electron chi connectivity index (χ4n) is 2.86. The molecular weight excluding hydrogens is 302 g/mol. The molecule has 2 aromatic carbocycles. The maximum Gasteiger partial charge on any atom is 0.119 e. The van der Waals surface area contributed by atoms with Crippen LogP contribution in [0.15, 0.2) is 48.5 Å². The molecule has 2 rings (SSSR count). The van der Waals surface area contributed by atoms with Crippen LogP contribution in [0.25, 0.3) is 0 Å². The van der Waals surface area contributed by atoms with Gasteiger partial charge in [-0.3, -0.25) is 4.90 Å². The van der Waals surface area contributed by atoms with E-state index in [-0.39, 0.29) is 6.61 Å². The smallest absolute Gasteiger partial charge is 0.119 e. The lowest BCUT2D eigenvalue weighted by Gasteiger charge is -2.23. The van der Waals surface area contributed by atoms with Crippen LogP contribution in [0, 0.1) is 6.92 Å². The molecule has 0 fully saturated rings. The molecule has 0 aliphatic rings. The molecule has 0 bridgehead atoms. The van der Waals surface area contributed by atoms with Crippen LogP contribution in [0.5, 0.6) is 5.75 Å². The first-order valence-electron chi connectivity index (χ1n) is 8.33. The van der Waals surface area contributed by atoms with Crippen LogP contribution in [0.1, 0.15) is 29.2 Å². The lowest BCUT2D eigenvalue weighted by molar-refractivity contribution is 0.127. The van der Waals surface area contributed by atoms with Crippen molar-refractivity contribution in [2.45, 2.75) is 26.0 Å². The van der Waals surface area contributed by atoms with Crippen molar-refractivity contribution in [3.63, 3.8) is 0 Å². The number of nitrogens with zero attached hydrogens (tertiary/aromatic N) is 1. The van der Waals surface area contributed by atoms with Crippen LogP contribution in [-0.2, 0) is 6.54 Å². The van der Waals surface area contributed by atoms with E-state index in [4.69, 9.17) is 4.74 Å². The second-order valence-corrected chi connectivity index (χ2v) is 6.01. The summed E-state index contributed by atoms with van der Waals surface area (Å²) in [5, 5.41) is 19.8. The molecule has 1 atom stereocenters. The zero-order valence-corrected chi connectivity index (χ0v) is 14.5. The molecule has 2 N–H and O–H groups in total. The first-order valence-corrected chi connectivity index (χ1v) is 8.33. The number of hydrogen-bond acceptors (Lipinski definition) is 4. The minimum atomic E-state index is -0.520. The fourth-order valence-corrected chi connectivity index (χ4v) is 2.86. The molecule has 4 nitrogen and oxygen atoms in total. The minimum Gasteiger partial charge on any atom is -0.497 e. The van der Waals surface area contributed by atoms with E-state index < -0.39 is 6.10 Å². The van der Waals surface area contributed by atoms with Gasteiger partial charge in [-0.15, -0.1) is 0 Å². The molecule has 2 aromatic rings. The molecule has 0 saturated heterocycles. The molecule has 130 valence electrons. The topological polar surface area (TPSA) is 52.9 Å². The van der Waals surface area contributed by atoms with E-state index in [0.717, 1.165) is 30.0 Å². The molecule has 24 heavy (non-hydrogen) atoms. The Bertz CT molecular complexity index is 616. The number of rotatable bonds is 9. The summed E-state index contributed by atoms with van der Waals surface area (Å²) in [5.74, 6) is 0.800. The summed E-state index contributed by atoms with van der Waals surface area (Å²) in [6.07, 6.45) is 0.105. The van der Waals surface area contributed by atoms with Gasteiger partial charge >= 0.3 is 0 Å². The highest BCUT2D eigenvalue weighted by Gasteiger charge is 2.14. The number of benzene rings is 2. The van der Waals surface area contributed by atoms with Crippen molar-refractivity contribution in [3.8, 4) is 5.75 Å². The van der Waals surface area contributed by atoms with Crippen LogP contribution in [0.3, 0.4) is 0 Å². The summed E-state index contributed by atoms with van der Waals surface area (Å²) in [4.78, 5) is 2.16. The molecular formula is C20H27NO3. The van der Waals surface area contributed by atoms with E-state index >= 15 is 0 Å². The Morgan fingerprint density at radius 2 is 1.83 bits per heavy atom. The van der Waals surface area contributed by atoms with Gasteiger partial charge in [-0.25, -0.2) is 0 Å². The predicted octanol–water partition coefficient (Wildman–Crippen LogP) is 2.92. The first kappa shape index (κ1) is 18.5. The molecule has 0 heterocycles. The van der Waals surface area contributed by atoms with Crippen molar-refractivity contribution < 1.29 is 14.9 Å². The van der Waals surface area contributed by atoms with E-state index in [2.05, 4.69) is 17.0 Å². The molecule has 0 aliphatic carbocycles. The molecule has 4 heteroatoms. The van der Waals surface area contributed by atoms with Gasteiger partial charge in [0.05, 0.1) is 19.8 Å². The maximum absolute atomic E-state index is 10.5. The molecule has 0 aliphatic heterocycles. The normalized spacial score (nSPS) is 12.4. The summed E-state index contributed by atoms with van der Waals surface area (Å²) >= 11 is 0. The third-order valence-corrected chi connectivity index (χ3v) is 4.22. The zero-order chi connectivity index (χ0) is 17.4. The SMILES string of the molecule is COc1ccc(C(O)CCN(CCO)Cc2ccccc2)c(C)c1. The summed E-state index contributed by atoms with van der Waals surface area (Å²) in [6, 6.07) is 15.9. The van der Waals surface area contributed by atoms with Crippen LogP contribution in [0.2, 0.25) is 0 Å². The van der Waals surface area contributed by atoms with Gasteiger partial charge in [0.2, 0.25) is 0 Å². The van der Waals surface area contributed by atoms with Crippen molar-refractivity contribution in [2.24, 2.45) is 0 Å². The van der Waals surface area contributed by atoms with E-state index in [1.54, 1.807) is 7.11 Å². The number of aliphatic hydroxyl groups excluding tert-OH is 2. The van der Waals surface area contributed by atoms with E-state index in [1.165, 1.54) is 5.56 Å². The van der Waals surface area contributed by atoms with Gasteiger partial charge in [0, 0.05) is 19.6 Å². The highest BCUT2D eigenvalue weighted by atomic mass is 16.5. The van der Waals surface area contributed by atoms with Gasteiger partial charge < -0.3 is 14.9 Å². The van der Waals surface area contributed by atoms with Crippen LogP contribution in [-0.4, -0.2) is 41.9 Å². The average molecular weight is 329 g/mol. The quantitative estimate of drug-likeness (QED) is 0.743. The Balaban J connectivity index is 1.95. The second-order valence-electron chi connectivity index (χ2n) is 6.01.